The van der Waals surface area contributed by atoms with E-state index in [-0.39, 0.29) is 5.60 Å². The van der Waals surface area contributed by atoms with Gasteiger partial charge in [-0.15, -0.1) is 0 Å². The van der Waals surface area contributed by atoms with Crippen molar-refractivity contribution < 1.29 is 4.74 Å². The highest BCUT2D eigenvalue weighted by atomic mass is 79.9. The number of rotatable bonds is 5. The van der Waals surface area contributed by atoms with Gasteiger partial charge in [0, 0.05) is 40.8 Å². The predicted octanol–water partition coefficient (Wildman–Crippen LogP) is 5.98. The van der Waals surface area contributed by atoms with E-state index >= 15 is 0 Å². The molecule has 1 aliphatic carbocycles. The number of hydrogen-bond acceptors (Lipinski definition) is 2. The average Bonchev–Trinajstić information content (AvgIpc) is 3.05. The van der Waals surface area contributed by atoms with E-state index < -0.39 is 0 Å². The lowest BCUT2D eigenvalue weighted by atomic mass is 9.91. The zero-order valence-corrected chi connectivity index (χ0v) is 17.8. The first-order chi connectivity index (χ1) is 13.0. The highest BCUT2D eigenvalue weighted by Gasteiger charge is 2.24. The van der Waals surface area contributed by atoms with Gasteiger partial charge < -0.3 is 15.0 Å². The molecule has 142 valence electrons. The van der Waals surface area contributed by atoms with Crippen LogP contribution in [0.15, 0.2) is 46.9 Å². The number of aryl methyl sites for hydroxylation is 1. The summed E-state index contributed by atoms with van der Waals surface area (Å²) in [6.45, 7) is 5.06. The summed E-state index contributed by atoms with van der Waals surface area (Å²) < 4.78 is 6.72. The Morgan fingerprint density at radius 3 is 2.70 bits per heavy atom. The van der Waals surface area contributed by atoms with Gasteiger partial charge in [-0.05, 0) is 68.0 Å². The fourth-order valence-electron chi connectivity index (χ4n) is 4.02. The molecule has 1 aromatic heterocycles. The van der Waals surface area contributed by atoms with E-state index in [4.69, 9.17) is 4.74 Å². The third-order valence-electron chi connectivity index (χ3n) is 5.88. The molecule has 3 nitrogen and oxygen atoms in total. The molecule has 0 aliphatic heterocycles. The fourth-order valence-corrected chi connectivity index (χ4v) is 4.38. The fraction of sp³-hybridized carbons (Fsp3) is 0.391. The molecule has 0 saturated heterocycles. The van der Waals surface area contributed by atoms with Gasteiger partial charge in [0.15, 0.2) is 0 Å². The number of aromatic amines is 1. The van der Waals surface area contributed by atoms with Crippen molar-refractivity contribution >= 4 is 26.8 Å². The van der Waals surface area contributed by atoms with E-state index in [0.717, 1.165) is 17.4 Å². The van der Waals surface area contributed by atoms with Crippen LogP contribution in [-0.2, 0) is 23.3 Å². The minimum absolute atomic E-state index is 0.247. The predicted molar refractivity (Wildman–Crippen MR) is 115 cm³/mol. The molecule has 4 heteroatoms. The molecule has 0 bridgehead atoms. The molecule has 0 unspecified atom stereocenters. The minimum atomic E-state index is -0.247. The van der Waals surface area contributed by atoms with Crippen molar-refractivity contribution in [3.8, 4) is 0 Å². The molecule has 4 rings (SSSR count). The van der Waals surface area contributed by atoms with Crippen molar-refractivity contribution in [2.24, 2.45) is 0 Å². The Morgan fingerprint density at radius 1 is 1.19 bits per heavy atom. The van der Waals surface area contributed by atoms with Crippen LogP contribution in [0.25, 0.3) is 10.9 Å². The van der Waals surface area contributed by atoms with E-state index in [1.165, 1.54) is 46.1 Å². The number of ether oxygens (including phenoxy) is 1. The molecule has 2 aromatic carbocycles. The lowest BCUT2D eigenvalue weighted by Crippen LogP contribution is -2.25. The third kappa shape index (κ3) is 3.71. The molecule has 0 amide bonds. The number of methoxy groups -OCH3 is 1. The Morgan fingerprint density at radius 2 is 1.96 bits per heavy atom. The van der Waals surface area contributed by atoms with Crippen molar-refractivity contribution in [1.82, 2.24) is 10.3 Å². The van der Waals surface area contributed by atoms with Crippen LogP contribution in [0.5, 0.6) is 0 Å². The Bertz CT molecular complexity index is 943. The van der Waals surface area contributed by atoms with Crippen molar-refractivity contribution in [3.63, 3.8) is 0 Å². The zero-order valence-electron chi connectivity index (χ0n) is 16.2. The third-order valence-corrected chi connectivity index (χ3v) is 6.37. The van der Waals surface area contributed by atoms with E-state index in [2.05, 4.69) is 82.5 Å². The number of fused-ring (bicyclic) bond motifs is 3. The van der Waals surface area contributed by atoms with Gasteiger partial charge in [-0.2, -0.15) is 0 Å². The van der Waals surface area contributed by atoms with Crippen LogP contribution in [0.2, 0.25) is 0 Å². The molecule has 1 heterocycles. The first kappa shape index (κ1) is 18.7. The molecule has 1 atom stereocenters. The number of aromatic nitrogens is 1. The second-order valence-corrected chi connectivity index (χ2v) is 8.86. The summed E-state index contributed by atoms with van der Waals surface area (Å²) >= 11 is 3.61. The number of benzene rings is 2. The summed E-state index contributed by atoms with van der Waals surface area (Å²) in [7, 11) is 1.76. The van der Waals surface area contributed by atoms with Crippen LogP contribution in [0.3, 0.4) is 0 Å². The van der Waals surface area contributed by atoms with Gasteiger partial charge in [-0.1, -0.05) is 40.2 Å². The summed E-state index contributed by atoms with van der Waals surface area (Å²) in [5.74, 6) is 0. The van der Waals surface area contributed by atoms with Crippen LogP contribution >= 0.6 is 15.9 Å². The summed E-state index contributed by atoms with van der Waals surface area (Å²) in [5.41, 5.74) is 6.34. The second-order valence-electron chi connectivity index (χ2n) is 7.94. The molecule has 0 spiro atoms. The number of hydrogen-bond donors (Lipinski definition) is 2. The van der Waals surface area contributed by atoms with E-state index in [1.54, 1.807) is 7.11 Å². The number of nitrogens with one attached hydrogen (secondary N) is 2. The van der Waals surface area contributed by atoms with Crippen LogP contribution in [0.1, 0.15) is 55.1 Å². The van der Waals surface area contributed by atoms with E-state index in [9.17, 15) is 0 Å². The largest absolute Gasteiger partial charge is 0.374 e. The van der Waals surface area contributed by atoms with Crippen LogP contribution in [0.4, 0.5) is 0 Å². The maximum atomic E-state index is 5.57. The Labute approximate surface area is 169 Å². The van der Waals surface area contributed by atoms with Crippen LogP contribution in [-0.4, -0.2) is 12.1 Å². The smallest absolute Gasteiger partial charge is 0.0871 e. The van der Waals surface area contributed by atoms with E-state index in [0.29, 0.717) is 6.04 Å². The van der Waals surface area contributed by atoms with Gasteiger partial charge in [0.05, 0.1) is 5.60 Å². The lowest BCUT2D eigenvalue weighted by molar-refractivity contribution is 0.0192. The molecule has 2 N–H and O–H groups in total. The first-order valence-corrected chi connectivity index (χ1v) is 10.5. The maximum Gasteiger partial charge on any atom is 0.0871 e. The van der Waals surface area contributed by atoms with Gasteiger partial charge in [0.25, 0.3) is 0 Å². The second kappa shape index (κ2) is 7.42. The normalized spacial score (nSPS) is 17.3. The molecule has 0 saturated carbocycles. The van der Waals surface area contributed by atoms with Crippen molar-refractivity contribution in [3.05, 3.63) is 69.3 Å². The van der Waals surface area contributed by atoms with Gasteiger partial charge in [-0.25, -0.2) is 0 Å². The average molecular weight is 427 g/mol. The molecule has 0 fully saturated rings. The number of H-pyrrole nitrogens is 1. The van der Waals surface area contributed by atoms with Crippen molar-refractivity contribution in [1.29, 1.82) is 0 Å². The summed E-state index contributed by atoms with van der Waals surface area (Å²) in [6, 6.07) is 15.7. The molecule has 0 radical (unpaired) electrons. The first-order valence-electron chi connectivity index (χ1n) is 9.66. The van der Waals surface area contributed by atoms with Gasteiger partial charge >= 0.3 is 0 Å². The van der Waals surface area contributed by atoms with Gasteiger partial charge in [0.2, 0.25) is 0 Å². The molecule has 3 aromatic rings. The maximum absolute atomic E-state index is 5.57. The molecule has 1 aliphatic rings. The Hall–Kier alpha value is -1.62. The summed E-state index contributed by atoms with van der Waals surface area (Å²) in [6.07, 6.45) is 3.56. The number of halogens is 1. The van der Waals surface area contributed by atoms with Gasteiger partial charge in [0.1, 0.15) is 0 Å². The Kier molecular flexibility index (Phi) is 5.15. The summed E-state index contributed by atoms with van der Waals surface area (Å²) in [5, 5.41) is 5.13. The quantitative estimate of drug-likeness (QED) is 0.526. The van der Waals surface area contributed by atoms with Crippen LogP contribution < -0.4 is 5.32 Å². The zero-order chi connectivity index (χ0) is 19.0. The SMILES string of the molecule is COC(C)(C)c1ccc(CN[C@@H]2CCCc3c2[nH]c2ccc(Br)cc32)cc1. The van der Waals surface area contributed by atoms with Crippen LogP contribution in [0, 0.1) is 0 Å². The molecular weight excluding hydrogens is 400 g/mol. The summed E-state index contributed by atoms with van der Waals surface area (Å²) in [4.78, 5) is 3.67. The molecular formula is C23H27BrN2O. The lowest BCUT2D eigenvalue weighted by Gasteiger charge is -2.25. The highest BCUT2D eigenvalue weighted by molar-refractivity contribution is 9.10. The minimum Gasteiger partial charge on any atom is -0.374 e. The Balaban J connectivity index is 1.51. The molecule has 27 heavy (non-hydrogen) atoms. The highest BCUT2D eigenvalue weighted by Crippen LogP contribution is 2.36. The van der Waals surface area contributed by atoms with Crippen molar-refractivity contribution in [2.75, 3.05) is 7.11 Å². The van der Waals surface area contributed by atoms with E-state index in [1.807, 2.05) is 0 Å². The topological polar surface area (TPSA) is 37.0 Å². The standard InChI is InChI=1S/C23H27BrN2O/c1-23(2,27-3)16-9-7-15(8-10-16)14-25-21-6-4-5-18-19-13-17(24)11-12-20(19)26-22(18)21/h7-13,21,25-26H,4-6,14H2,1-3H3/t21-/m1/s1. The van der Waals surface area contributed by atoms with Crippen molar-refractivity contribution in [2.45, 2.75) is 51.3 Å². The van der Waals surface area contributed by atoms with Gasteiger partial charge in [-0.3, -0.25) is 0 Å². The monoisotopic (exact) mass is 426 g/mol.